The number of alkyl carbamates (subject to hydrolysis) is 1. The van der Waals surface area contributed by atoms with Crippen LogP contribution in [0.25, 0.3) is 0 Å². The van der Waals surface area contributed by atoms with E-state index >= 15 is 0 Å². The molecule has 8 heteroatoms. The number of aliphatic hydroxyl groups excluding tert-OH is 1. The van der Waals surface area contributed by atoms with Crippen molar-refractivity contribution in [3.05, 3.63) is 35.9 Å². The first-order valence-corrected chi connectivity index (χ1v) is 10.5. The number of aliphatic hydroxyl groups is 1. The second-order valence-corrected chi connectivity index (χ2v) is 9.51. The van der Waals surface area contributed by atoms with Crippen LogP contribution in [0.3, 0.4) is 0 Å². The molecule has 0 bridgehead atoms. The lowest BCUT2D eigenvalue weighted by Crippen LogP contribution is -2.53. The van der Waals surface area contributed by atoms with E-state index in [1.54, 1.807) is 48.5 Å². The van der Waals surface area contributed by atoms with E-state index in [1.165, 1.54) is 4.90 Å². The molecule has 176 valence electrons. The van der Waals surface area contributed by atoms with Crippen molar-refractivity contribution in [3.63, 3.8) is 0 Å². The predicted octanol–water partition coefficient (Wildman–Crippen LogP) is 3.71. The number of rotatable bonds is 9. The van der Waals surface area contributed by atoms with Gasteiger partial charge in [-0.2, -0.15) is 0 Å². The van der Waals surface area contributed by atoms with E-state index in [1.807, 2.05) is 30.3 Å². The molecular weight excluding hydrogens is 400 g/mol. The molecule has 0 aliphatic carbocycles. The molecule has 1 aromatic rings. The number of hydrogen-bond acceptors (Lipinski definition) is 6. The largest absolute Gasteiger partial charge is 0.444 e. The second kappa shape index (κ2) is 11.9. The van der Waals surface area contributed by atoms with Crippen LogP contribution in [0.5, 0.6) is 0 Å². The Balaban J connectivity index is 2.90. The molecular formula is C23H38N2O6. The molecule has 0 heterocycles. The molecule has 2 amide bonds. The molecule has 0 saturated carbocycles. The van der Waals surface area contributed by atoms with Crippen molar-refractivity contribution in [3.8, 4) is 0 Å². The fourth-order valence-corrected chi connectivity index (χ4v) is 2.60. The number of nitrogens with zero attached hydrogens (tertiary/aromatic N) is 1. The number of benzene rings is 1. The highest BCUT2D eigenvalue weighted by molar-refractivity contribution is 5.70. The van der Waals surface area contributed by atoms with Gasteiger partial charge in [-0.1, -0.05) is 30.3 Å². The Kier molecular flexibility index (Phi) is 10.3. The van der Waals surface area contributed by atoms with Gasteiger partial charge in [0.2, 0.25) is 0 Å². The van der Waals surface area contributed by atoms with Crippen LogP contribution in [-0.2, 0) is 20.8 Å². The van der Waals surface area contributed by atoms with E-state index in [4.69, 9.17) is 14.2 Å². The molecule has 1 rings (SSSR count). The average Bonchev–Trinajstić information content (AvgIpc) is 2.63. The number of hydrogen-bond donors (Lipinski definition) is 2. The minimum atomic E-state index is -0.692. The number of carbonyl (C=O) groups excluding carboxylic acids is 2. The van der Waals surface area contributed by atoms with E-state index in [2.05, 4.69) is 5.32 Å². The first-order chi connectivity index (χ1) is 14.3. The number of ether oxygens (including phenoxy) is 3. The Bertz CT molecular complexity index is 682. The molecule has 0 spiro atoms. The number of amides is 2. The lowest BCUT2D eigenvalue weighted by molar-refractivity contribution is 0.00202. The van der Waals surface area contributed by atoms with Crippen LogP contribution in [0.1, 0.15) is 54.0 Å². The van der Waals surface area contributed by atoms with Crippen molar-refractivity contribution in [2.75, 3.05) is 19.8 Å². The van der Waals surface area contributed by atoms with E-state index in [9.17, 15) is 14.7 Å². The van der Waals surface area contributed by atoms with E-state index < -0.39 is 35.5 Å². The summed E-state index contributed by atoms with van der Waals surface area (Å²) in [5, 5.41) is 12.4. The van der Waals surface area contributed by atoms with Crippen LogP contribution < -0.4 is 5.32 Å². The van der Waals surface area contributed by atoms with Gasteiger partial charge in [0.05, 0.1) is 31.9 Å². The minimum absolute atomic E-state index is 0.0880. The van der Waals surface area contributed by atoms with Gasteiger partial charge >= 0.3 is 12.2 Å². The lowest BCUT2D eigenvalue weighted by atomic mass is 10.2. The summed E-state index contributed by atoms with van der Waals surface area (Å²) < 4.78 is 16.6. The third-order valence-electron chi connectivity index (χ3n) is 3.99. The summed E-state index contributed by atoms with van der Waals surface area (Å²) >= 11 is 0. The van der Waals surface area contributed by atoms with Crippen molar-refractivity contribution in [2.45, 2.75) is 78.4 Å². The zero-order valence-corrected chi connectivity index (χ0v) is 19.8. The van der Waals surface area contributed by atoms with Crippen LogP contribution in [-0.4, -0.2) is 65.2 Å². The number of carbonyl (C=O) groups is 2. The Morgan fingerprint density at radius 2 is 1.61 bits per heavy atom. The summed E-state index contributed by atoms with van der Waals surface area (Å²) in [6.07, 6.45) is -1.19. The molecule has 0 aliphatic heterocycles. The quantitative estimate of drug-likeness (QED) is 0.610. The van der Waals surface area contributed by atoms with Crippen LogP contribution in [0.2, 0.25) is 0 Å². The zero-order valence-electron chi connectivity index (χ0n) is 19.8. The highest BCUT2D eigenvalue weighted by atomic mass is 16.6. The fourth-order valence-electron chi connectivity index (χ4n) is 2.60. The van der Waals surface area contributed by atoms with Crippen molar-refractivity contribution < 1.29 is 28.9 Å². The van der Waals surface area contributed by atoms with Crippen molar-refractivity contribution >= 4 is 12.2 Å². The molecule has 8 nitrogen and oxygen atoms in total. The smallest absolute Gasteiger partial charge is 0.410 e. The fraction of sp³-hybridized carbons (Fsp3) is 0.652. The van der Waals surface area contributed by atoms with Crippen molar-refractivity contribution in [1.29, 1.82) is 0 Å². The third kappa shape index (κ3) is 11.6. The summed E-state index contributed by atoms with van der Waals surface area (Å²) in [4.78, 5) is 26.4. The highest BCUT2D eigenvalue weighted by Crippen LogP contribution is 2.14. The maximum Gasteiger partial charge on any atom is 0.410 e. The molecule has 2 N–H and O–H groups in total. The normalized spacial score (nSPS) is 13.8. The second-order valence-electron chi connectivity index (χ2n) is 9.51. The minimum Gasteiger partial charge on any atom is -0.444 e. The van der Waals surface area contributed by atoms with Crippen LogP contribution in [0.4, 0.5) is 9.59 Å². The molecule has 0 radical (unpaired) electrons. The summed E-state index contributed by atoms with van der Waals surface area (Å²) in [6, 6.07) is 8.57. The van der Waals surface area contributed by atoms with Gasteiger partial charge in [-0.05, 0) is 54.0 Å². The zero-order chi connectivity index (χ0) is 23.7. The van der Waals surface area contributed by atoms with E-state index in [-0.39, 0.29) is 19.8 Å². The molecule has 2 unspecified atom stereocenters. The average molecular weight is 439 g/mol. The topological polar surface area (TPSA) is 97.3 Å². The van der Waals surface area contributed by atoms with Gasteiger partial charge in [0.25, 0.3) is 0 Å². The van der Waals surface area contributed by atoms with Gasteiger partial charge < -0.3 is 29.5 Å². The molecule has 2 atom stereocenters. The molecule has 1 aromatic carbocycles. The van der Waals surface area contributed by atoms with Crippen molar-refractivity contribution in [2.24, 2.45) is 0 Å². The Labute approximate surface area is 185 Å². The van der Waals surface area contributed by atoms with Gasteiger partial charge in [-0.15, -0.1) is 0 Å². The van der Waals surface area contributed by atoms with Gasteiger partial charge in [0, 0.05) is 6.54 Å². The predicted molar refractivity (Wildman–Crippen MR) is 119 cm³/mol. The lowest BCUT2D eigenvalue weighted by Gasteiger charge is -2.34. The Morgan fingerprint density at radius 3 is 2.13 bits per heavy atom. The van der Waals surface area contributed by atoms with Crippen molar-refractivity contribution in [1.82, 2.24) is 10.2 Å². The Morgan fingerprint density at radius 1 is 1.03 bits per heavy atom. The first-order valence-electron chi connectivity index (χ1n) is 10.5. The maximum absolute atomic E-state index is 12.7. The monoisotopic (exact) mass is 438 g/mol. The molecule has 0 aromatic heterocycles. The SMILES string of the molecule is CC(CO)N(CC(COCc1ccccc1)NC(=O)OC(C)(C)C)C(=O)OC(C)(C)C. The third-order valence-corrected chi connectivity index (χ3v) is 3.99. The summed E-state index contributed by atoms with van der Waals surface area (Å²) in [5.41, 5.74) is -0.364. The molecule has 31 heavy (non-hydrogen) atoms. The van der Waals surface area contributed by atoms with Gasteiger partial charge in [0.1, 0.15) is 11.2 Å². The summed E-state index contributed by atoms with van der Waals surface area (Å²) in [7, 11) is 0. The van der Waals surface area contributed by atoms with E-state index in [0.717, 1.165) is 5.56 Å². The van der Waals surface area contributed by atoms with Crippen LogP contribution in [0.15, 0.2) is 30.3 Å². The molecule has 0 saturated heterocycles. The number of nitrogens with one attached hydrogen (secondary N) is 1. The van der Waals surface area contributed by atoms with Crippen LogP contribution in [0, 0.1) is 0 Å². The maximum atomic E-state index is 12.7. The molecule has 0 aliphatic rings. The van der Waals surface area contributed by atoms with Gasteiger partial charge in [-0.3, -0.25) is 0 Å². The first kappa shape index (κ1) is 26.7. The highest BCUT2D eigenvalue weighted by Gasteiger charge is 2.29. The summed E-state index contributed by atoms with van der Waals surface area (Å²) in [6.45, 7) is 12.7. The van der Waals surface area contributed by atoms with E-state index in [0.29, 0.717) is 6.61 Å². The van der Waals surface area contributed by atoms with Gasteiger partial charge in [-0.25, -0.2) is 9.59 Å². The van der Waals surface area contributed by atoms with Crippen LogP contribution >= 0.6 is 0 Å². The molecule has 0 fully saturated rings. The standard InChI is InChI=1S/C23H38N2O6/c1-17(14-26)25(21(28)31-23(5,6)7)13-19(24-20(27)30-22(2,3)4)16-29-15-18-11-9-8-10-12-18/h8-12,17,19,26H,13-16H2,1-7H3,(H,24,27). The summed E-state index contributed by atoms with van der Waals surface area (Å²) in [5.74, 6) is 0. The van der Waals surface area contributed by atoms with Gasteiger partial charge in [0.15, 0.2) is 0 Å². The Hall–Kier alpha value is -2.32.